The minimum atomic E-state index is -4.76. The molecule has 1 aromatic rings. The molecule has 0 aromatic heterocycles. The topological polar surface area (TPSA) is 279 Å². The van der Waals surface area contributed by atoms with Crippen LogP contribution < -0.4 is 16.0 Å². The monoisotopic (exact) mass is 1370 g/mol. The van der Waals surface area contributed by atoms with Gasteiger partial charge in [-0.2, -0.15) is 13.2 Å². The minimum Gasteiger partial charge on any atom is -0.379 e. The van der Waals surface area contributed by atoms with Crippen LogP contribution in [0.25, 0.3) is 0 Å². The Balaban J connectivity index is 1.41. The molecule has 5 aliphatic rings. The Kier molecular flexibility index (Phi) is 28.3. The average Bonchev–Trinajstić information content (AvgIpc) is 1.41. The Labute approximate surface area is 567 Å². The van der Waals surface area contributed by atoms with Crippen LogP contribution in [0.3, 0.4) is 0 Å². The zero-order valence-corrected chi connectivity index (χ0v) is 58.6. The fraction of sp³-hybridized carbons (Fsp3) is 0.731. The first-order chi connectivity index (χ1) is 45.3. The molecule has 3 heterocycles. The van der Waals surface area contributed by atoms with E-state index in [2.05, 4.69) is 16.0 Å². The number of ether oxygens (including phenoxy) is 1. The Hall–Kier alpha value is -7.10. The van der Waals surface area contributed by atoms with Crippen molar-refractivity contribution in [1.29, 1.82) is 0 Å². The molecule has 6 rings (SSSR count). The smallest absolute Gasteiger partial charge is 0.379 e. The predicted molar refractivity (Wildman–Crippen MR) is 350 cm³/mol. The van der Waals surface area contributed by atoms with E-state index in [1.165, 1.54) is 75.0 Å². The molecule has 3 N–H and O–H groups in total. The Bertz CT molecular complexity index is 2980. The maximum Gasteiger partial charge on any atom is 0.417 e. The third kappa shape index (κ3) is 19.2. The number of nitrogens with zero attached hydrogens (tertiary/aromatic N) is 9. The van der Waals surface area contributed by atoms with E-state index in [1.54, 1.807) is 18.7 Å². The molecule has 536 valence electrons. The number of fused-ring (bicyclic) bond motifs is 1. The van der Waals surface area contributed by atoms with Crippen molar-refractivity contribution in [2.45, 2.75) is 204 Å². The van der Waals surface area contributed by atoms with E-state index >= 15 is 19.2 Å². The van der Waals surface area contributed by atoms with Crippen molar-refractivity contribution < 1.29 is 75.4 Å². The van der Waals surface area contributed by atoms with Gasteiger partial charge in [-0.3, -0.25) is 57.5 Å². The van der Waals surface area contributed by atoms with Gasteiger partial charge >= 0.3 is 6.18 Å². The lowest BCUT2D eigenvalue weighted by Gasteiger charge is -2.43. The van der Waals surface area contributed by atoms with Gasteiger partial charge in [0, 0.05) is 75.6 Å². The van der Waals surface area contributed by atoms with Crippen LogP contribution >= 0.6 is 11.6 Å². The average molecular weight is 1380 g/mol. The van der Waals surface area contributed by atoms with Gasteiger partial charge in [0.05, 0.1) is 43.2 Å². The Morgan fingerprint density at radius 3 is 1.90 bits per heavy atom. The molecule has 3 aliphatic heterocycles. The summed E-state index contributed by atoms with van der Waals surface area (Å²) >= 11 is 6.12. The van der Waals surface area contributed by atoms with Crippen molar-refractivity contribution in [1.82, 2.24) is 60.0 Å². The number of amides is 12. The number of likely N-dealkylation sites (tertiary alicyclic amines) is 1. The number of hydrogen-bond donors (Lipinski definition) is 3. The van der Waals surface area contributed by atoms with Crippen LogP contribution in [-0.4, -0.2) is 265 Å². The molecule has 0 bridgehead atoms. The van der Waals surface area contributed by atoms with Crippen LogP contribution in [0.1, 0.15) is 154 Å². The van der Waals surface area contributed by atoms with Gasteiger partial charge in [-0.1, -0.05) is 83.9 Å². The van der Waals surface area contributed by atoms with E-state index in [4.69, 9.17) is 16.3 Å². The van der Waals surface area contributed by atoms with Crippen LogP contribution in [0.5, 0.6) is 0 Å². The van der Waals surface area contributed by atoms with Crippen LogP contribution in [0.4, 0.5) is 13.2 Å². The molecule has 1 aromatic carbocycles. The molecule has 12 amide bonds. The number of likely N-dealkylation sites (N-methyl/N-ethyl adjacent to an activating group) is 7. The molecule has 2 aliphatic carbocycles. The largest absolute Gasteiger partial charge is 0.417 e. The third-order valence-corrected chi connectivity index (χ3v) is 20.4. The van der Waals surface area contributed by atoms with Crippen molar-refractivity contribution in [2.24, 2.45) is 11.8 Å². The SMILES string of the molecule is CCCOC[C@H]1C(=O)N(C)CC(=O)N[C@@H](CCc2ccc(C(F)(F)F)c(Cl)c2)C(=O)N2CCCC2C(=O)NC2(CCCC2)C(=O)N(C)[C@@H](C2CCCCC2)C(=O)N(C)[C@H](C(=O)N2CCCC2)CC(=O)N(C)[C@@H](CC)C(=O)N[C@@H]([C@@H](C)CC)C(=O)N(C)CC(=O)N(C)CC(=O)N1C. The standard InChI is InChI=1S/C67H102ClF3N12O13/c1-12-35-96-41-51-61(91)76(6)38-52(84)72-47(29-27-43-26-28-45(46(68)36-43)67(69,70)71)60(90)83-34-22-25-49(83)59(89)74-66(30-18-19-31-66)65(95)81(11)57(44-23-16-15-17-24-44)64(94)80(10)50(62(92)82-32-20-21-33-82)37-53(85)78(8)48(14-3)58(88)73-56(42(4)13-2)63(93)77(7)39-54(86)75(5)40-55(87)79(51)9/h26,28,36,42,44,47-51,56-57H,12-25,27,29-35,37-41H2,1-11H3,(H,72,84)(H,73,88)(H,74,89)/t42-,47-,48-,49?,50-,51-,56-,57-/m0/s1. The second-order valence-corrected chi connectivity index (χ2v) is 27.3. The Morgan fingerprint density at radius 2 is 1.29 bits per heavy atom. The van der Waals surface area contributed by atoms with Gasteiger partial charge in [0.15, 0.2) is 0 Å². The summed E-state index contributed by atoms with van der Waals surface area (Å²) < 4.78 is 47.2. The summed E-state index contributed by atoms with van der Waals surface area (Å²) in [5, 5.41) is 8.00. The molecule has 8 atom stereocenters. The summed E-state index contributed by atoms with van der Waals surface area (Å²) in [6.45, 7) is 5.83. The fourth-order valence-corrected chi connectivity index (χ4v) is 14.3. The number of aryl methyl sites for hydroxylation is 1. The summed E-state index contributed by atoms with van der Waals surface area (Å²) in [6, 6.07) is -5.85. The first kappa shape index (κ1) is 77.9. The quantitative estimate of drug-likeness (QED) is 0.251. The molecule has 0 radical (unpaired) electrons. The lowest BCUT2D eigenvalue weighted by atomic mass is 9.81. The highest BCUT2D eigenvalue weighted by molar-refractivity contribution is 6.31. The van der Waals surface area contributed by atoms with Crippen molar-refractivity contribution in [3.8, 4) is 0 Å². The molecule has 3 saturated heterocycles. The Morgan fingerprint density at radius 1 is 0.667 bits per heavy atom. The van der Waals surface area contributed by atoms with E-state index in [0.717, 1.165) is 51.0 Å². The first-order valence-electron chi connectivity index (χ1n) is 34.1. The molecule has 2 saturated carbocycles. The molecular weight excluding hydrogens is 1270 g/mol. The molecule has 5 fully saturated rings. The summed E-state index contributed by atoms with van der Waals surface area (Å²) in [6.07, 6.45) is 2.00. The summed E-state index contributed by atoms with van der Waals surface area (Å²) in [5.41, 5.74) is -2.37. The van der Waals surface area contributed by atoms with E-state index < -0.39 is 173 Å². The number of carbonyl (C=O) groups excluding carboxylic acids is 12. The van der Waals surface area contributed by atoms with E-state index in [9.17, 15) is 51.5 Å². The zero-order chi connectivity index (χ0) is 71.1. The first-order valence-corrected chi connectivity index (χ1v) is 34.4. The van der Waals surface area contributed by atoms with Crippen molar-refractivity contribution in [3.05, 3.63) is 34.3 Å². The molecule has 1 unspecified atom stereocenters. The zero-order valence-electron chi connectivity index (χ0n) is 57.9. The van der Waals surface area contributed by atoms with E-state index in [1.807, 2.05) is 13.8 Å². The number of rotatable bonds is 12. The van der Waals surface area contributed by atoms with Gasteiger partial charge in [-0.15, -0.1) is 0 Å². The molecule has 25 nitrogen and oxygen atoms in total. The second kappa shape index (κ2) is 34.9. The van der Waals surface area contributed by atoms with Gasteiger partial charge in [-0.05, 0) is 107 Å². The number of hydrogen-bond acceptors (Lipinski definition) is 13. The fourth-order valence-electron chi connectivity index (χ4n) is 13.9. The van der Waals surface area contributed by atoms with Crippen LogP contribution in [0.15, 0.2) is 18.2 Å². The predicted octanol–water partition coefficient (Wildman–Crippen LogP) is 3.85. The molecular formula is C67H102ClF3N12O13. The maximum absolute atomic E-state index is 15.6. The van der Waals surface area contributed by atoms with Gasteiger partial charge in [0.25, 0.3) is 0 Å². The van der Waals surface area contributed by atoms with Crippen LogP contribution in [0, 0.1) is 11.8 Å². The highest BCUT2D eigenvalue weighted by atomic mass is 35.5. The lowest BCUT2D eigenvalue weighted by molar-refractivity contribution is -0.156. The minimum absolute atomic E-state index is 0.0231. The van der Waals surface area contributed by atoms with Crippen molar-refractivity contribution in [2.75, 3.05) is 102 Å². The number of carbonyl (C=O) groups is 12. The van der Waals surface area contributed by atoms with Gasteiger partial charge in [0.2, 0.25) is 70.9 Å². The number of alkyl halides is 3. The maximum atomic E-state index is 15.6. The summed E-state index contributed by atoms with van der Waals surface area (Å²) in [4.78, 5) is 188. The van der Waals surface area contributed by atoms with Gasteiger partial charge in [0.1, 0.15) is 47.8 Å². The van der Waals surface area contributed by atoms with Crippen molar-refractivity contribution in [3.63, 3.8) is 0 Å². The summed E-state index contributed by atoms with van der Waals surface area (Å²) in [5.74, 6) is -9.05. The van der Waals surface area contributed by atoms with Gasteiger partial charge in [-0.25, -0.2) is 0 Å². The molecule has 1 spiro atoms. The number of nitrogens with one attached hydrogen (secondary N) is 3. The number of benzene rings is 1. The normalized spacial score (nSPS) is 26.2. The highest BCUT2D eigenvalue weighted by Crippen LogP contribution is 2.38. The lowest BCUT2D eigenvalue weighted by Crippen LogP contribution is -2.65. The van der Waals surface area contributed by atoms with E-state index in [0.29, 0.717) is 70.9 Å². The summed E-state index contributed by atoms with van der Waals surface area (Å²) in [7, 11) is 9.64. The van der Waals surface area contributed by atoms with E-state index in [-0.39, 0.29) is 63.8 Å². The van der Waals surface area contributed by atoms with Gasteiger partial charge < -0.3 is 64.8 Å². The third-order valence-electron chi connectivity index (χ3n) is 20.1. The number of halogens is 4. The molecule has 96 heavy (non-hydrogen) atoms. The molecule has 29 heteroatoms. The van der Waals surface area contributed by atoms with Crippen molar-refractivity contribution >= 4 is 82.5 Å². The van der Waals surface area contributed by atoms with Crippen LogP contribution in [-0.2, 0) is 74.9 Å². The highest BCUT2D eigenvalue weighted by Gasteiger charge is 2.51. The van der Waals surface area contributed by atoms with Crippen LogP contribution in [0.2, 0.25) is 5.02 Å². The second-order valence-electron chi connectivity index (χ2n) is 26.9.